The van der Waals surface area contributed by atoms with Crippen LogP contribution >= 0.6 is 0 Å². The van der Waals surface area contributed by atoms with Gasteiger partial charge in [-0.05, 0) is 67.1 Å². The Morgan fingerprint density at radius 1 is 1.10 bits per heavy atom. The van der Waals surface area contributed by atoms with Gasteiger partial charge in [0, 0.05) is 22.6 Å². The maximum absolute atomic E-state index is 13.1. The molecule has 0 saturated carbocycles. The normalized spacial score (nSPS) is 14.4. The number of benzene rings is 3. The molecule has 1 aromatic heterocycles. The van der Waals surface area contributed by atoms with E-state index in [1.54, 1.807) is 25.3 Å². The third kappa shape index (κ3) is 5.51. The van der Waals surface area contributed by atoms with E-state index in [1.165, 1.54) is 0 Å². The maximum Gasteiger partial charge on any atom is 0.379 e. The number of aryl methyl sites for hydroxylation is 2. The van der Waals surface area contributed by atoms with Crippen molar-refractivity contribution < 1.29 is 28.2 Å². The van der Waals surface area contributed by atoms with Crippen LogP contribution in [0, 0.1) is 24.2 Å². The third-order valence-corrected chi connectivity index (χ3v) is 7.47. The summed E-state index contributed by atoms with van der Waals surface area (Å²) in [4.78, 5) is 13.1. The van der Waals surface area contributed by atoms with Crippen LogP contribution in [0.2, 0.25) is 0 Å². The largest absolute Gasteiger partial charge is 0.493 e. The molecule has 0 saturated heterocycles. The molecule has 0 bridgehead atoms. The van der Waals surface area contributed by atoms with Crippen LogP contribution in [0.1, 0.15) is 65.9 Å². The summed E-state index contributed by atoms with van der Waals surface area (Å²) in [6.07, 6.45) is 1.79. The van der Waals surface area contributed by atoms with Crippen molar-refractivity contribution in [1.82, 2.24) is 0 Å². The number of nitrogens with two attached hydrogens (primary N) is 1. The Morgan fingerprint density at radius 3 is 2.62 bits per heavy atom. The van der Waals surface area contributed by atoms with E-state index in [-0.39, 0.29) is 23.0 Å². The number of methoxy groups -OCH3 is 1. The number of carbonyl (C=O) groups is 1. The van der Waals surface area contributed by atoms with Crippen LogP contribution in [-0.2, 0) is 6.42 Å². The molecule has 0 amide bonds. The van der Waals surface area contributed by atoms with Crippen LogP contribution < -0.4 is 24.7 Å². The highest BCUT2D eigenvalue weighted by Gasteiger charge is 2.32. The minimum Gasteiger partial charge on any atom is -0.493 e. The number of furan rings is 1. The molecule has 1 aliphatic rings. The lowest BCUT2D eigenvalue weighted by Gasteiger charge is -2.27. The number of carbonyl (C=O) groups excluding carboxylic acids is 1. The molecule has 5 rings (SSSR count). The Morgan fingerprint density at radius 2 is 1.90 bits per heavy atom. The van der Waals surface area contributed by atoms with E-state index >= 15 is 0 Å². The lowest BCUT2D eigenvalue weighted by molar-refractivity contribution is 0.0702. The van der Waals surface area contributed by atoms with Crippen molar-refractivity contribution in [3.05, 3.63) is 94.1 Å². The minimum atomic E-state index is -0.618. The highest BCUT2D eigenvalue weighted by Crippen LogP contribution is 2.45. The average molecular weight is 567 g/mol. The monoisotopic (exact) mass is 566 g/mol. The van der Waals surface area contributed by atoms with Crippen molar-refractivity contribution in [2.45, 2.75) is 46.5 Å². The molecule has 1 aliphatic heterocycles. The molecule has 3 aromatic carbocycles. The van der Waals surface area contributed by atoms with Gasteiger partial charge in [-0.25, -0.2) is 4.79 Å². The molecule has 2 heterocycles. The van der Waals surface area contributed by atoms with Gasteiger partial charge in [0.25, 0.3) is 0 Å². The first kappa shape index (κ1) is 28.6. The van der Waals surface area contributed by atoms with Crippen LogP contribution in [0.5, 0.6) is 23.0 Å². The first-order valence-electron chi connectivity index (χ1n) is 14.0. The summed E-state index contributed by atoms with van der Waals surface area (Å²) >= 11 is 0. The highest BCUT2D eigenvalue weighted by molar-refractivity contribution is 5.97. The first-order valence-corrected chi connectivity index (χ1v) is 14.0. The standard InChI is InChI=1S/C34H34N2O6/c1-6-21-7-11-27-25(15-21)20(4)32(41-27)34(37)40-23-9-10-24-29(17-23)42-33(36)26(18-35)31(24)22-8-12-28(30(16-22)38-5)39-14-13-19(2)3/h7-12,15-17,19,31H,6,13-14,36H2,1-5H3. The molecule has 4 aromatic rings. The number of nitriles is 1. The van der Waals surface area contributed by atoms with Gasteiger partial charge in [-0.2, -0.15) is 5.26 Å². The Labute approximate surface area is 245 Å². The predicted molar refractivity (Wildman–Crippen MR) is 159 cm³/mol. The summed E-state index contributed by atoms with van der Waals surface area (Å²) in [6, 6.07) is 18.7. The molecule has 42 heavy (non-hydrogen) atoms. The second kappa shape index (κ2) is 11.9. The molecule has 0 aliphatic carbocycles. The van der Waals surface area contributed by atoms with Crippen LogP contribution in [0.3, 0.4) is 0 Å². The van der Waals surface area contributed by atoms with E-state index in [9.17, 15) is 10.1 Å². The fraction of sp³-hybridized carbons (Fsp3) is 0.294. The number of allylic oxidation sites excluding steroid dienone is 1. The molecule has 0 fully saturated rings. The SMILES string of the molecule is CCc1ccc2oc(C(=O)Oc3ccc4c(c3)OC(N)=C(C#N)C4c3ccc(OCCC(C)C)c(OC)c3)c(C)c2c1. The van der Waals surface area contributed by atoms with E-state index in [4.69, 9.17) is 29.1 Å². The van der Waals surface area contributed by atoms with E-state index < -0.39 is 11.9 Å². The zero-order valence-electron chi connectivity index (χ0n) is 24.4. The molecule has 2 N–H and O–H groups in total. The summed E-state index contributed by atoms with van der Waals surface area (Å²) in [7, 11) is 1.58. The zero-order chi connectivity index (χ0) is 30.0. The molecule has 0 spiro atoms. The fourth-order valence-electron chi connectivity index (χ4n) is 5.07. The molecule has 8 heteroatoms. The van der Waals surface area contributed by atoms with Gasteiger partial charge in [-0.3, -0.25) is 0 Å². The zero-order valence-corrected chi connectivity index (χ0v) is 24.4. The summed E-state index contributed by atoms with van der Waals surface area (Å²) in [6.45, 7) is 8.76. The van der Waals surface area contributed by atoms with Gasteiger partial charge in [0.15, 0.2) is 11.5 Å². The number of ether oxygens (including phenoxy) is 4. The van der Waals surface area contributed by atoms with Gasteiger partial charge in [-0.15, -0.1) is 0 Å². The van der Waals surface area contributed by atoms with E-state index in [0.717, 1.165) is 34.9 Å². The van der Waals surface area contributed by atoms with Crippen molar-refractivity contribution in [2.24, 2.45) is 11.7 Å². The van der Waals surface area contributed by atoms with Crippen molar-refractivity contribution in [2.75, 3.05) is 13.7 Å². The number of fused-ring (bicyclic) bond motifs is 2. The van der Waals surface area contributed by atoms with Gasteiger partial charge < -0.3 is 29.1 Å². The Kier molecular flexibility index (Phi) is 8.12. The summed E-state index contributed by atoms with van der Waals surface area (Å²) in [5.74, 6) is 1.31. The second-order valence-electron chi connectivity index (χ2n) is 10.7. The maximum atomic E-state index is 13.1. The van der Waals surface area contributed by atoms with E-state index in [2.05, 4.69) is 26.8 Å². The van der Waals surface area contributed by atoms with Gasteiger partial charge in [-0.1, -0.05) is 39.0 Å². The van der Waals surface area contributed by atoms with Gasteiger partial charge in [0.1, 0.15) is 28.7 Å². The molecule has 1 atom stereocenters. The first-order chi connectivity index (χ1) is 20.2. The van der Waals surface area contributed by atoms with Crippen molar-refractivity contribution in [1.29, 1.82) is 5.26 Å². The topological polar surface area (TPSA) is 117 Å². The number of nitrogens with zero attached hydrogens (tertiary/aromatic N) is 1. The minimum absolute atomic E-state index is 0.0189. The molecule has 216 valence electrons. The third-order valence-electron chi connectivity index (χ3n) is 7.47. The van der Waals surface area contributed by atoms with Crippen molar-refractivity contribution >= 4 is 16.9 Å². The Balaban J connectivity index is 1.44. The van der Waals surface area contributed by atoms with Crippen LogP contribution in [0.15, 0.2) is 70.5 Å². The van der Waals surface area contributed by atoms with Crippen molar-refractivity contribution in [3.8, 4) is 29.1 Å². The number of esters is 1. The van der Waals surface area contributed by atoms with Crippen LogP contribution in [0.25, 0.3) is 11.0 Å². The van der Waals surface area contributed by atoms with E-state index in [0.29, 0.717) is 40.9 Å². The average Bonchev–Trinajstić information content (AvgIpc) is 3.31. The van der Waals surface area contributed by atoms with Gasteiger partial charge >= 0.3 is 5.97 Å². The lowest BCUT2D eigenvalue weighted by Crippen LogP contribution is -2.21. The molecular weight excluding hydrogens is 532 g/mol. The summed E-state index contributed by atoms with van der Waals surface area (Å²) in [5.41, 5.74) is 10.5. The summed E-state index contributed by atoms with van der Waals surface area (Å²) < 4.78 is 28.9. The van der Waals surface area contributed by atoms with Gasteiger partial charge in [0.05, 0.1) is 19.6 Å². The highest BCUT2D eigenvalue weighted by atomic mass is 16.5. The molecule has 0 radical (unpaired) electrons. The quantitative estimate of drug-likeness (QED) is 0.167. The number of rotatable bonds is 9. The molecular formula is C34H34N2O6. The molecule has 8 nitrogen and oxygen atoms in total. The number of hydrogen-bond acceptors (Lipinski definition) is 8. The van der Waals surface area contributed by atoms with Crippen LogP contribution in [-0.4, -0.2) is 19.7 Å². The smallest absolute Gasteiger partial charge is 0.379 e. The van der Waals surface area contributed by atoms with Crippen molar-refractivity contribution in [3.63, 3.8) is 0 Å². The second-order valence-corrected chi connectivity index (χ2v) is 10.7. The Bertz CT molecular complexity index is 1730. The summed E-state index contributed by atoms with van der Waals surface area (Å²) in [5, 5.41) is 10.9. The predicted octanol–water partition coefficient (Wildman–Crippen LogP) is 7.17. The van der Waals surface area contributed by atoms with E-state index in [1.807, 2.05) is 43.3 Å². The lowest BCUT2D eigenvalue weighted by atomic mass is 9.83. The number of hydrogen-bond donors (Lipinski definition) is 1. The van der Waals surface area contributed by atoms with Gasteiger partial charge in [0.2, 0.25) is 11.6 Å². The fourth-order valence-corrected chi connectivity index (χ4v) is 5.07. The Hall–Kier alpha value is -4.90. The molecule has 1 unspecified atom stereocenters. The van der Waals surface area contributed by atoms with Crippen LogP contribution in [0.4, 0.5) is 0 Å².